The number of carbonyl (C=O) groups is 2. The molecule has 0 aliphatic carbocycles. The average molecular weight is 472 g/mol. The largest absolute Gasteiger partial charge is 0.356 e. The standard InChI is InChI=1S/C22H22FN5O2S2/c1-13(18(29)28-17-7-5-4-6-16(17)25-19(30)22(28,2)3)31-21-27-26-20(32-21)24-12-14-8-10-15(23)11-9-14/h4-11,13H,12H2,1-3H3,(H,24,26)(H,25,30)/t13-/m0/s1. The van der Waals surface area contributed by atoms with Gasteiger partial charge in [-0.25, -0.2) is 4.39 Å². The minimum Gasteiger partial charge on any atom is -0.356 e. The molecule has 1 aliphatic heterocycles. The number of rotatable bonds is 6. The number of anilines is 3. The van der Waals surface area contributed by atoms with Crippen LogP contribution in [-0.4, -0.2) is 32.8 Å². The highest BCUT2D eigenvalue weighted by atomic mass is 32.2. The van der Waals surface area contributed by atoms with Crippen molar-refractivity contribution >= 4 is 51.4 Å². The van der Waals surface area contributed by atoms with E-state index in [1.807, 2.05) is 18.2 Å². The van der Waals surface area contributed by atoms with E-state index in [1.54, 1.807) is 43.9 Å². The molecule has 7 nitrogen and oxygen atoms in total. The van der Waals surface area contributed by atoms with E-state index < -0.39 is 10.8 Å². The van der Waals surface area contributed by atoms with Gasteiger partial charge in [0, 0.05) is 6.54 Å². The molecule has 1 atom stereocenters. The Morgan fingerprint density at radius 2 is 1.94 bits per heavy atom. The molecule has 4 rings (SSSR count). The number of halogens is 1. The zero-order valence-corrected chi connectivity index (χ0v) is 19.4. The molecule has 0 bridgehead atoms. The molecule has 10 heteroatoms. The molecular formula is C22H22FN5O2S2. The highest BCUT2D eigenvalue weighted by molar-refractivity contribution is 8.02. The molecular weight excluding hydrogens is 449 g/mol. The number of fused-ring (bicyclic) bond motifs is 1. The van der Waals surface area contributed by atoms with Crippen LogP contribution in [0.1, 0.15) is 26.3 Å². The predicted octanol–water partition coefficient (Wildman–Crippen LogP) is 4.53. The third-order valence-electron chi connectivity index (χ3n) is 5.12. The van der Waals surface area contributed by atoms with Crippen LogP contribution in [0, 0.1) is 5.82 Å². The van der Waals surface area contributed by atoms with Crippen molar-refractivity contribution in [2.45, 2.75) is 42.4 Å². The number of amides is 2. The summed E-state index contributed by atoms with van der Waals surface area (Å²) in [5, 5.41) is 14.4. The number of para-hydroxylation sites is 2. The van der Waals surface area contributed by atoms with Crippen molar-refractivity contribution in [1.29, 1.82) is 0 Å². The summed E-state index contributed by atoms with van der Waals surface area (Å²) in [7, 11) is 0. The van der Waals surface area contributed by atoms with Gasteiger partial charge in [-0.05, 0) is 50.6 Å². The zero-order chi connectivity index (χ0) is 22.9. The number of thioether (sulfide) groups is 1. The zero-order valence-electron chi connectivity index (χ0n) is 17.8. The average Bonchev–Trinajstić information content (AvgIpc) is 3.21. The lowest BCUT2D eigenvalue weighted by atomic mass is 9.96. The smallest absolute Gasteiger partial charge is 0.250 e. The maximum atomic E-state index is 13.4. The molecule has 1 aliphatic rings. The summed E-state index contributed by atoms with van der Waals surface area (Å²) in [6.45, 7) is 5.75. The second-order valence-electron chi connectivity index (χ2n) is 7.82. The number of benzene rings is 2. The van der Waals surface area contributed by atoms with E-state index in [0.717, 1.165) is 5.56 Å². The van der Waals surface area contributed by atoms with Gasteiger partial charge in [0.05, 0.1) is 16.6 Å². The van der Waals surface area contributed by atoms with Gasteiger partial charge in [0.1, 0.15) is 11.4 Å². The summed E-state index contributed by atoms with van der Waals surface area (Å²) in [6.07, 6.45) is 0. The fourth-order valence-corrected chi connectivity index (χ4v) is 5.27. The summed E-state index contributed by atoms with van der Waals surface area (Å²) in [6, 6.07) is 13.5. The topological polar surface area (TPSA) is 87.2 Å². The van der Waals surface area contributed by atoms with Crippen molar-refractivity contribution in [3.63, 3.8) is 0 Å². The Bertz CT molecular complexity index is 1150. The van der Waals surface area contributed by atoms with Crippen LogP contribution in [0.5, 0.6) is 0 Å². The molecule has 0 saturated carbocycles. The van der Waals surface area contributed by atoms with E-state index in [9.17, 15) is 14.0 Å². The van der Waals surface area contributed by atoms with E-state index in [-0.39, 0.29) is 17.6 Å². The second-order valence-corrected chi connectivity index (χ2v) is 10.4. The maximum Gasteiger partial charge on any atom is 0.250 e. The molecule has 1 aromatic heterocycles. The first kappa shape index (κ1) is 22.2. The minimum absolute atomic E-state index is 0.182. The van der Waals surface area contributed by atoms with Crippen molar-refractivity contribution in [3.8, 4) is 0 Å². The van der Waals surface area contributed by atoms with Gasteiger partial charge in [0.15, 0.2) is 4.34 Å². The van der Waals surface area contributed by atoms with Gasteiger partial charge in [0.25, 0.3) is 0 Å². The van der Waals surface area contributed by atoms with Gasteiger partial charge in [-0.15, -0.1) is 10.2 Å². The predicted molar refractivity (Wildman–Crippen MR) is 126 cm³/mol. The summed E-state index contributed by atoms with van der Waals surface area (Å²) in [4.78, 5) is 27.6. The Morgan fingerprint density at radius 3 is 2.69 bits per heavy atom. The number of nitrogens with one attached hydrogen (secondary N) is 2. The summed E-state index contributed by atoms with van der Waals surface area (Å²) < 4.78 is 13.7. The Hall–Kier alpha value is -2.98. The molecule has 166 valence electrons. The molecule has 2 heterocycles. The van der Waals surface area contributed by atoms with Gasteiger partial charge < -0.3 is 10.6 Å². The fraction of sp³-hybridized carbons (Fsp3) is 0.273. The van der Waals surface area contributed by atoms with Crippen molar-refractivity contribution in [2.75, 3.05) is 15.5 Å². The maximum absolute atomic E-state index is 13.4. The van der Waals surface area contributed by atoms with Crippen molar-refractivity contribution in [1.82, 2.24) is 10.2 Å². The molecule has 0 fully saturated rings. The molecule has 2 N–H and O–H groups in total. The summed E-state index contributed by atoms with van der Waals surface area (Å²) in [5.41, 5.74) is 1.19. The van der Waals surface area contributed by atoms with Crippen LogP contribution in [0.4, 0.5) is 20.9 Å². The molecule has 2 aromatic carbocycles. The highest BCUT2D eigenvalue weighted by Crippen LogP contribution is 2.39. The molecule has 3 aromatic rings. The second kappa shape index (κ2) is 8.87. The van der Waals surface area contributed by atoms with E-state index >= 15 is 0 Å². The third-order valence-corrected chi connectivity index (χ3v) is 7.17. The Kier molecular flexibility index (Phi) is 6.16. The molecule has 2 amide bonds. The van der Waals surface area contributed by atoms with Gasteiger partial charge in [-0.3, -0.25) is 14.5 Å². The van der Waals surface area contributed by atoms with Crippen LogP contribution in [0.3, 0.4) is 0 Å². The molecule has 32 heavy (non-hydrogen) atoms. The summed E-state index contributed by atoms with van der Waals surface area (Å²) >= 11 is 2.64. The van der Waals surface area contributed by atoms with Crippen molar-refractivity contribution in [2.24, 2.45) is 0 Å². The lowest BCUT2D eigenvalue weighted by Crippen LogP contribution is -2.60. The van der Waals surface area contributed by atoms with Gasteiger partial charge in [-0.2, -0.15) is 0 Å². The van der Waals surface area contributed by atoms with Crippen LogP contribution in [-0.2, 0) is 16.1 Å². The number of carbonyl (C=O) groups excluding carboxylic acids is 2. The van der Waals surface area contributed by atoms with Crippen molar-refractivity contribution in [3.05, 3.63) is 59.9 Å². The summed E-state index contributed by atoms with van der Waals surface area (Å²) in [5.74, 6) is -0.692. The van der Waals surface area contributed by atoms with Crippen LogP contribution in [0.25, 0.3) is 0 Å². The van der Waals surface area contributed by atoms with Crippen LogP contribution in [0.2, 0.25) is 0 Å². The van der Waals surface area contributed by atoms with Gasteiger partial charge in [0.2, 0.25) is 16.9 Å². The minimum atomic E-state index is -1.02. The Balaban J connectivity index is 1.45. The van der Waals surface area contributed by atoms with Crippen molar-refractivity contribution < 1.29 is 14.0 Å². The third kappa shape index (κ3) is 4.46. The van der Waals surface area contributed by atoms with Crippen LogP contribution < -0.4 is 15.5 Å². The lowest BCUT2D eigenvalue weighted by molar-refractivity contribution is -0.126. The number of aromatic nitrogens is 2. The quantitative estimate of drug-likeness (QED) is 0.514. The first-order valence-corrected chi connectivity index (χ1v) is 11.7. The SMILES string of the molecule is C[C@H](Sc1nnc(NCc2ccc(F)cc2)s1)C(=O)N1c2ccccc2NC(=O)C1(C)C. The Labute approximate surface area is 193 Å². The number of hydrogen-bond acceptors (Lipinski definition) is 7. The molecule has 0 radical (unpaired) electrons. The first-order valence-electron chi connectivity index (χ1n) is 9.99. The van der Waals surface area contributed by atoms with E-state index in [4.69, 9.17) is 0 Å². The fourth-order valence-electron chi connectivity index (χ4n) is 3.34. The van der Waals surface area contributed by atoms with Crippen LogP contribution >= 0.6 is 23.1 Å². The monoisotopic (exact) mass is 471 g/mol. The van der Waals surface area contributed by atoms with Gasteiger partial charge in [-0.1, -0.05) is 47.4 Å². The normalized spacial score (nSPS) is 15.6. The van der Waals surface area contributed by atoms with Crippen LogP contribution in [0.15, 0.2) is 52.9 Å². The number of nitrogens with zero attached hydrogens (tertiary/aromatic N) is 3. The molecule has 0 spiro atoms. The molecule has 0 unspecified atom stereocenters. The Morgan fingerprint density at radius 1 is 1.22 bits per heavy atom. The van der Waals surface area contributed by atoms with E-state index in [2.05, 4.69) is 20.8 Å². The first-order chi connectivity index (χ1) is 15.3. The lowest BCUT2D eigenvalue weighted by Gasteiger charge is -2.42. The highest BCUT2D eigenvalue weighted by Gasteiger charge is 2.44. The van der Waals surface area contributed by atoms with E-state index in [0.29, 0.717) is 27.4 Å². The number of hydrogen-bond donors (Lipinski definition) is 2. The van der Waals surface area contributed by atoms with E-state index in [1.165, 1.54) is 35.2 Å². The van der Waals surface area contributed by atoms with Gasteiger partial charge >= 0.3 is 0 Å². The molecule has 0 saturated heterocycles.